The molecule has 2 aromatic heterocycles. The summed E-state index contributed by atoms with van der Waals surface area (Å²) >= 11 is 0. The first-order chi connectivity index (χ1) is 22.0. The van der Waals surface area contributed by atoms with E-state index in [2.05, 4.69) is 19.9 Å². The maximum atomic E-state index is 15.6. The third kappa shape index (κ3) is 6.39. The van der Waals surface area contributed by atoms with Crippen molar-refractivity contribution in [1.29, 1.82) is 5.41 Å². The van der Waals surface area contributed by atoms with Gasteiger partial charge in [-0.25, -0.2) is 23.4 Å². The SMILES string of the molecule is CCOC(=O)c1cnc(S(=O)c2ccc(Oc3c(F)cnc(Oc4cc(C(=N)N)ccc4O)c3F)c(C3=NCCN3C)c2)[nH]c1=O. The number of aromatic hydroxyl groups is 1. The molecular weight excluding hydrogens is 628 g/mol. The standard InChI is InChI=1S/C29H25F2N7O7S/c1-3-43-28(41)17-12-36-29(37-26(17)40)46(42)15-5-7-20(16(11-15)25-34-8-9-38(25)2)44-23-18(30)13-35-27(22(23)31)45-21-10-14(24(32)33)4-6-19(21)39/h4-7,10-13,39H,3,8-9H2,1-2H3,(H3,32,33)(H,36,37,40). The number of nitrogen functional groups attached to an aromatic ring is 1. The number of nitrogens with zero attached hydrogens (tertiary/aromatic N) is 4. The number of phenolic OH excluding ortho intramolecular Hbond substituents is 1. The van der Waals surface area contributed by atoms with Crippen molar-refractivity contribution in [2.24, 2.45) is 10.7 Å². The van der Waals surface area contributed by atoms with E-state index in [-0.39, 0.29) is 50.7 Å². The largest absolute Gasteiger partial charge is 0.504 e. The molecule has 3 heterocycles. The number of hydrogen-bond acceptors (Lipinski definition) is 12. The van der Waals surface area contributed by atoms with Crippen LogP contribution in [-0.2, 0) is 15.5 Å². The molecule has 5 N–H and O–H groups in total. The summed E-state index contributed by atoms with van der Waals surface area (Å²) in [6.45, 7) is 2.54. The number of ether oxygens (including phenoxy) is 3. The summed E-state index contributed by atoms with van der Waals surface area (Å²) in [5, 5.41) is 17.5. The zero-order valence-electron chi connectivity index (χ0n) is 24.2. The van der Waals surface area contributed by atoms with Crippen LogP contribution in [0.15, 0.2) is 68.6 Å². The second kappa shape index (κ2) is 13.1. The molecule has 0 radical (unpaired) electrons. The molecule has 0 saturated heterocycles. The predicted octanol–water partition coefficient (Wildman–Crippen LogP) is 3.05. The van der Waals surface area contributed by atoms with E-state index in [1.807, 2.05) is 0 Å². The molecule has 1 atom stereocenters. The monoisotopic (exact) mass is 653 g/mol. The molecule has 46 heavy (non-hydrogen) atoms. The van der Waals surface area contributed by atoms with Crippen molar-refractivity contribution in [1.82, 2.24) is 19.9 Å². The number of hydrogen-bond donors (Lipinski definition) is 4. The van der Waals surface area contributed by atoms with E-state index in [4.69, 9.17) is 25.4 Å². The number of aromatic amines is 1. The Morgan fingerprint density at radius 1 is 1.15 bits per heavy atom. The second-order valence-corrected chi connectivity index (χ2v) is 11.0. The van der Waals surface area contributed by atoms with E-state index in [0.717, 1.165) is 6.20 Å². The van der Waals surface area contributed by atoms with Gasteiger partial charge in [0.05, 0.1) is 31.1 Å². The number of phenols is 1. The number of pyridine rings is 1. The smallest absolute Gasteiger partial charge is 0.345 e. The molecule has 0 aliphatic carbocycles. The first-order valence-corrected chi connectivity index (χ1v) is 14.6. The average molecular weight is 654 g/mol. The summed E-state index contributed by atoms with van der Waals surface area (Å²) in [5.74, 6) is -5.84. The summed E-state index contributed by atoms with van der Waals surface area (Å²) in [6, 6.07) is 7.76. The molecule has 5 rings (SSSR count). The first kappa shape index (κ1) is 31.7. The molecule has 0 amide bonds. The highest BCUT2D eigenvalue weighted by Gasteiger charge is 2.26. The summed E-state index contributed by atoms with van der Waals surface area (Å²) < 4.78 is 59.9. The molecule has 1 unspecified atom stereocenters. The van der Waals surface area contributed by atoms with Crippen LogP contribution in [0.3, 0.4) is 0 Å². The minimum atomic E-state index is -2.08. The van der Waals surface area contributed by atoms with Gasteiger partial charge in [-0.3, -0.25) is 20.2 Å². The number of nitrogens with two attached hydrogens (primary N) is 1. The fourth-order valence-electron chi connectivity index (χ4n) is 4.22. The Bertz CT molecular complexity index is 1990. The number of halogens is 2. The van der Waals surface area contributed by atoms with Crippen LogP contribution in [0.1, 0.15) is 28.4 Å². The fourth-order valence-corrected chi connectivity index (χ4v) is 5.20. The van der Waals surface area contributed by atoms with Crippen molar-refractivity contribution >= 4 is 28.4 Å². The van der Waals surface area contributed by atoms with Crippen molar-refractivity contribution in [3.8, 4) is 28.9 Å². The maximum absolute atomic E-state index is 15.6. The van der Waals surface area contributed by atoms with E-state index in [9.17, 15) is 23.3 Å². The third-order valence-corrected chi connectivity index (χ3v) is 7.74. The van der Waals surface area contributed by atoms with Gasteiger partial charge in [0.1, 0.15) is 33.8 Å². The van der Waals surface area contributed by atoms with Gasteiger partial charge in [-0.1, -0.05) is 0 Å². The molecule has 2 aromatic carbocycles. The quantitative estimate of drug-likeness (QED) is 0.0847. The van der Waals surface area contributed by atoms with E-state index in [1.165, 1.54) is 36.4 Å². The number of nitrogens with one attached hydrogen (secondary N) is 2. The zero-order chi connectivity index (χ0) is 33.1. The Labute approximate surface area is 261 Å². The lowest BCUT2D eigenvalue weighted by Crippen LogP contribution is -2.24. The molecule has 0 bridgehead atoms. The number of carbonyl (C=O) groups excluding carboxylic acids is 1. The summed E-state index contributed by atoms with van der Waals surface area (Å²) in [5.41, 5.74) is 4.65. The predicted molar refractivity (Wildman–Crippen MR) is 159 cm³/mol. The molecule has 0 saturated carbocycles. The molecule has 1 aliphatic rings. The van der Waals surface area contributed by atoms with Crippen molar-refractivity contribution in [2.75, 3.05) is 26.7 Å². The molecule has 14 nitrogen and oxygen atoms in total. The molecule has 4 aromatic rings. The summed E-state index contributed by atoms with van der Waals surface area (Å²) in [6.07, 6.45) is 1.62. The van der Waals surface area contributed by atoms with E-state index in [1.54, 1.807) is 18.9 Å². The minimum absolute atomic E-state index is 0.0433. The van der Waals surface area contributed by atoms with Gasteiger partial charge < -0.3 is 30.0 Å². The van der Waals surface area contributed by atoms with Crippen LogP contribution in [0.25, 0.3) is 0 Å². The van der Waals surface area contributed by atoms with E-state index < -0.39 is 51.3 Å². The number of aromatic nitrogens is 3. The molecule has 0 fully saturated rings. The van der Waals surface area contributed by atoms with Gasteiger partial charge in [0.15, 0.2) is 17.3 Å². The molecular formula is C29H25F2N7O7S. The van der Waals surface area contributed by atoms with Gasteiger partial charge in [0.2, 0.25) is 16.7 Å². The Morgan fingerprint density at radius 2 is 1.93 bits per heavy atom. The van der Waals surface area contributed by atoms with Crippen molar-refractivity contribution in [3.05, 3.63) is 87.5 Å². The van der Waals surface area contributed by atoms with Crippen LogP contribution >= 0.6 is 0 Å². The van der Waals surface area contributed by atoms with Crippen LogP contribution in [0.5, 0.6) is 28.9 Å². The topological polar surface area (TPSA) is 206 Å². The number of benzene rings is 2. The summed E-state index contributed by atoms with van der Waals surface area (Å²) in [7, 11) is -0.345. The Morgan fingerprint density at radius 3 is 2.61 bits per heavy atom. The van der Waals surface area contributed by atoms with Gasteiger partial charge >= 0.3 is 5.97 Å². The van der Waals surface area contributed by atoms with Crippen LogP contribution in [0, 0.1) is 17.0 Å². The highest BCUT2D eigenvalue weighted by atomic mass is 32.2. The Kier molecular flexibility index (Phi) is 9.04. The van der Waals surface area contributed by atoms with Crippen LogP contribution in [-0.4, -0.2) is 73.6 Å². The van der Waals surface area contributed by atoms with Crippen molar-refractivity contribution in [2.45, 2.75) is 17.0 Å². The number of aliphatic imine (C=N–C) groups is 1. The highest BCUT2D eigenvalue weighted by molar-refractivity contribution is 7.84. The van der Waals surface area contributed by atoms with Crippen LogP contribution < -0.4 is 20.8 Å². The summed E-state index contributed by atoms with van der Waals surface area (Å²) in [4.78, 5) is 40.6. The van der Waals surface area contributed by atoms with Crippen molar-refractivity contribution < 1.29 is 37.1 Å². The lowest BCUT2D eigenvalue weighted by atomic mass is 10.1. The number of H-pyrrole nitrogens is 1. The van der Waals surface area contributed by atoms with Crippen LogP contribution in [0.2, 0.25) is 0 Å². The Balaban J connectivity index is 1.51. The van der Waals surface area contributed by atoms with Gasteiger partial charge in [-0.15, -0.1) is 0 Å². The number of likely N-dealkylation sites (N-methyl/N-ethyl adjacent to an activating group) is 1. The minimum Gasteiger partial charge on any atom is -0.504 e. The molecule has 238 valence electrons. The normalized spacial score (nSPS) is 13.2. The molecule has 0 spiro atoms. The second-order valence-electron chi connectivity index (χ2n) is 9.56. The third-order valence-electron chi connectivity index (χ3n) is 6.50. The van der Waals surface area contributed by atoms with Gasteiger partial charge in [-0.2, -0.15) is 4.39 Å². The zero-order valence-corrected chi connectivity index (χ0v) is 25.0. The van der Waals surface area contributed by atoms with Gasteiger partial charge in [0, 0.05) is 24.1 Å². The van der Waals surface area contributed by atoms with Crippen molar-refractivity contribution in [3.63, 3.8) is 0 Å². The van der Waals surface area contributed by atoms with Gasteiger partial charge in [0.25, 0.3) is 11.4 Å². The number of rotatable bonds is 10. The van der Waals surface area contributed by atoms with E-state index >= 15 is 4.39 Å². The molecule has 17 heteroatoms. The van der Waals surface area contributed by atoms with E-state index in [0.29, 0.717) is 25.1 Å². The fraction of sp³-hybridized carbons (Fsp3) is 0.172. The lowest BCUT2D eigenvalue weighted by Gasteiger charge is -2.19. The number of esters is 1. The first-order valence-electron chi connectivity index (χ1n) is 13.4. The highest BCUT2D eigenvalue weighted by Crippen LogP contribution is 2.38. The Hall–Kier alpha value is -5.71. The molecule has 1 aliphatic heterocycles. The average Bonchev–Trinajstić information content (AvgIpc) is 3.46. The lowest BCUT2D eigenvalue weighted by molar-refractivity contribution is 0.0523. The van der Waals surface area contributed by atoms with Crippen LogP contribution in [0.4, 0.5) is 8.78 Å². The maximum Gasteiger partial charge on any atom is 0.345 e. The number of amidine groups is 2. The number of carbonyl (C=O) groups is 1. The van der Waals surface area contributed by atoms with Gasteiger partial charge in [-0.05, 0) is 43.3 Å².